The van der Waals surface area contributed by atoms with Crippen molar-refractivity contribution in [3.05, 3.63) is 64.9 Å². The van der Waals surface area contributed by atoms with Crippen molar-refractivity contribution in [2.75, 3.05) is 5.32 Å². The number of halogens is 2. The first-order valence-electron chi connectivity index (χ1n) is 7.85. The van der Waals surface area contributed by atoms with Crippen LogP contribution in [0.5, 0.6) is 0 Å². The van der Waals surface area contributed by atoms with Crippen LogP contribution >= 0.6 is 11.6 Å². The summed E-state index contributed by atoms with van der Waals surface area (Å²) in [5, 5.41) is 3.62. The highest BCUT2D eigenvalue weighted by atomic mass is 35.5. The molecule has 2 aromatic rings. The molecule has 0 atom stereocenters. The highest BCUT2D eigenvalue weighted by Gasteiger charge is 2.64. The van der Waals surface area contributed by atoms with Crippen LogP contribution in [-0.4, -0.2) is 5.91 Å². The normalized spacial score (nSPS) is 19.9. The van der Waals surface area contributed by atoms with Gasteiger partial charge in [0.05, 0.1) is 5.41 Å². The van der Waals surface area contributed by atoms with Crippen molar-refractivity contribution in [2.24, 2.45) is 5.41 Å². The van der Waals surface area contributed by atoms with Crippen molar-refractivity contribution in [1.29, 1.82) is 0 Å². The van der Waals surface area contributed by atoms with E-state index < -0.39 is 5.41 Å². The molecule has 4 heteroatoms. The van der Waals surface area contributed by atoms with E-state index in [9.17, 15) is 9.18 Å². The lowest BCUT2D eigenvalue weighted by Crippen LogP contribution is -2.51. The molecule has 1 N–H and O–H groups in total. The lowest BCUT2D eigenvalue weighted by Gasteiger charge is -2.47. The van der Waals surface area contributed by atoms with Gasteiger partial charge in [-0.3, -0.25) is 4.79 Å². The zero-order valence-electron chi connectivity index (χ0n) is 12.6. The van der Waals surface area contributed by atoms with Crippen LogP contribution in [0, 0.1) is 11.2 Å². The van der Waals surface area contributed by atoms with E-state index in [2.05, 4.69) is 5.32 Å². The van der Waals surface area contributed by atoms with Gasteiger partial charge in [-0.25, -0.2) is 4.39 Å². The minimum atomic E-state index is -0.491. The summed E-state index contributed by atoms with van der Waals surface area (Å²) in [5.74, 6) is -0.319. The predicted octanol–water partition coefficient (Wildman–Crippen LogP) is 4.93. The van der Waals surface area contributed by atoms with E-state index in [1.165, 1.54) is 25.0 Å². The monoisotopic (exact) mass is 329 g/mol. The van der Waals surface area contributed by atoms with Gasteiger partial charge in [0.1, 0.15) is 5.82 Å². The van der Waals surface area contributed by atoms with Crippen LogP contribution in [0.1, 0.15) is 31.2 Å². The smallest absolute Gasteiger partial charge is 0.235 e. The molecule has 0 radical (unpaired) electrons. The van der Waals surface area contributed by atoms with Gasteiger partial charge in [-0.2, -0.15) is 0 Å². The van der Waals surface area contributed by atoms with Crippen LogP contribution in [0.25, 0.3) is 0 Å². The number of carbonyl (C=O) groups is 1. The molecule has 0 aromatic heterocycles. The number of rotatable bonds is 3. The van der Waals surface area contributed by atoms with Gasteiger partial charge in [0.15, 0.2) is 0 Å². The SMILES string of the molecule is O=C(Nc1ccc(F)cc1)C1(c2ccc(Cl)cc2)CC2(CC2)C1. The fraction of sp³-hybridized carbons (Fsp3) is 0.316. The van der Waals surface area contributed by atoms with Crippen LogP contribution < -0.4 is 5.32 Å². The quantitative estimate of drug-likeness (QED) is 0.850. The summed E-state index contributed by atoms with van der Waals surface area (Å²) < 4.78 is 13.0. The summed E-state index contributed by atoms with van der Waals surface area (Å²) in [6.07, 6.45) is 4.20. The molecule has 2 aliphatic rings. The van der Waals surface area contributed by atoms with Crippen molar-refractivity contribution < 1.29 is 9.18 Å². The zero-order valence-corrected chi connectivity index (χ0v) is 13.4. The van der Waals surface area contributed by atoms with Crippen LogP contribution in [0.2, 0.25) is 5.02 Å². The van der Waals surface area contributed by atoms with Gasteiger partial charge in [0.2, 0.25) is 5.91 Å². The lowest BCUT2D eigenvalue weighted by molar-refractivity contribution is -0.127. The highest BCUT2D eigenvalue weighted by Crippen LogP contribution is 2.69. The lowest BCUT2D eigenvalue weighted by atomic mass is 9.56. The molecule has 0 saturated heterocycles. The van der Waals surface area contributed by atoms with Gasteiger partial charge in [0.25, 0.3) is 0 Å². The zero-order chi connectivity index (χ0) is 16.1. The fourth-order valence-electron chi connectivity index (χ4n) is 3.81. The van der Waals surface area contributed by atoms with Gasteiger partial charge in [0, 0.05) is 10.7 Å². The molecule has 23 heavy (non-hydrogen) atoms. The van der Waals surface area contributed by atoms with E-state index in [4.69, 9.17) is 11.6 Å². The molecule has 0 aliphatic heterocycles. The van der Waals surface area contributed by atoms with E-state index in [0.29, 0.717) is 16.1 Å². The number of nitrogens with one attached hydrogen (secondary N) is 1. The summed E-state index contributed by atoms with van der Waals surface area (Å²) in [4.78, 5) is 13.0. The van der Waals surface area contributed by atoms with E-state index in [-0.39, 0.29) is 11.7 Å². The maximum absolute atomic E-state index is 13.0. The Morgan fingerprint density at radius 1 is 1.00 bits per heavy atom. The first kappa shape index (κ1) is 14.7. The Kier molecular flexibility index (Phi) is 3.24. The third kappa shape index (κ3) is 2.53. The molecule has 0 heterocycles. The van der Waals surface area contributed by atoms with Crippen LogP contribution in [0.4, 0.5) is 10.1 Å². The van der Waals surface area contributed by atoms with Crippen LogP contribution in [0.15, 0.2) is 48.5 Å². The summed E-state index contributed by atoms with van der Waals surface area (Å²) in [7, 11) is 0. The second kappa shape index (κ2) is 5.07. The molecule has 118 valence electrons. The Morgan fingerprint density at radius 3 is 2.17 bits per heavy atom. The molecule has 2 nitrogen and oxygen atoms in total. The molecule has 2 aliphatic carbocycles. The van der Waals surface area contributed by atoms with Crippen molar-refractivity contribution >= 4 is 23.2 Å². The van der Waals surface area contributed by atoms with E-state index in [1.54, 1.807) is 12.1 Å². The number of anilines is 1. The summed E-state index contributed by atoms with van der Waals surface area (Å²) >= 11 is 5.98. The fourth-order valence-corrected chi connectivity index (χ4v) is 3.93. The number of carbonyl (C=O) groups excluding carboxylic acids is 1. The van der Waals surface area contributed by atoms with E-state index in [1.807, 2.05) is 24.3 Å². The molecule has 2 aromatic carbocycles. The molecule has 0 unspecified atom stereocenters. The average molecular weight is 330 g/mol. The summed E-state index contributed by atoms with van der Waals surface area (Å²) in [6, 6.07) is 13.5. The molecular formula is C19H17ClFNO. The number of benzene rings is 2. The van der Waals surface area contributed by atoms with Gasteiger partial charge < -0.3 is 5.32 Å². The standard InChI is InChI=1S/C19H17ClFNO/c20-14-3-1-13(2-4-14)19(11-18(12-19)9-10-18)17(23)22-16-7-5-15(21)6-8-16/h1-8H,9-12H2,(H,22,23). The minimum Gasteiger partial charge on any atom is -0.325 e. The molecule has 2 fully saturated rings. The highest BCUT2D eigenvalue weighted by molar-refractivity contribution is 6.30. The van der Waals surface area contributed by atoms with Crippen LogP contribution in [-0.2, 0) is 10.2 Å². The van der Waals surface area contributed by atoms with Crippen LogP contribution in [0.3, 0.4) is 0 Å². The summed E-state index contributed by atoms with van der Waals surface area (Å²) in [6.45, 7) is 0. The van der Waals surface area contributed by atoms with Crippen molar-refractivity contribution in [3.63, 3.8) is 0 Å². The molecule has 1 spiro atoms. The third-order valence-corrected chi connectivity index (χ3v) is 5.50. The van der Waals surface area contributed by atoms with Gasteiger partial charge >= 0.3 is 0 Å². The maximum atomic E-state index is 13.0. The second-order valence-electron chi connectivity index (χ2n) is 6.90. The Hall–Kier alpha value is -1.87. The Balaban J connectivity index is 1.62. The van der Waals surface area contributed by atoms with Gasteiger partial charge in [-0.15, -0.1) is 0 Å². The number of hydrogen-bond donors (Lipinski definition) is 1. The van der Waals surface area contributed by atoms with Crippen molar-refractivity contribution in [1.82, 2.24) is 0 Å². The summed E-state index contributed by atoms with van der Waals surface area (Å²) in [5.41, 5.74) is 1.52. The predicted molar refractivity (Wildman–Crippen MR) is 89.1 cm³/mol. The van der Waals surface area contributed by atoms with E-state index in [0.717, 1.165) is 18.4 Å². The molecule has 2 saturated carbocycles. The molecule has 4 rings (SSSR count). The first-order chi connectivity index (χ1) is 11.0. The number of hydrogen-bond acceptors (Lipinski definition) is 1. The molecule has 0 bridgehead atoms. The maximum Gasteiger partial charge on any atom is 0.235 e. The Morgan fingerprint density at radius 2 is 1.61 bits per heavy atom. The molecule has 1 amide bonds. The van der Waals surface area contributed by atoms with Gasteiger partial charge in [-0.05, 0) is 73.1 Å². The van der Waals surface area contributed by atoms with Crippen molar-refractivity contribution in [3.8, 4) is 0 Å². The minimum absolute atomic E-state index is 0.0102. The molecular weight excluding hydrogens is 313 g/mol. The first-order valence-corrected chi connectivity index (χ1v) is 8.22. The third-order valence-electron chi connectivity index (χ3n) is 5.24. The number of amides is 1. The van der Waals surface area contributed by atoms with Gasteiger partial charge in [-0.1, -0.05) is 23.7 Å². The second-order valence-corrected chi connectivity index (χ2v) is 7.34. The largest absolute Gasteiger partial charge is 0.325 e. The Bertz CT molecular complexity index is 742. The average Bonchev–Trinajstić information content (AvgIpc) is 3.29. The topological polar surface area (TPSA) is 29.1 Å². The van der Waals surface area contributed by atoms with Crippen molar-refractivity contribution in [2.45, 2.75) is 31.1 Å². The van der Waals surface area contributed by atoms with E-state index >= 15 is 0 Å². The Labute approximate surface area is 139 Å².